The number of amides is 1. The Balaban J connectivity index is 2.24. The molecule has 5 nitrogen and oxygen atoms in total. The molecule has 0 atom stereocenters. The molecule has 0 fully saturated rings. The van der Waals surface area contributed by atoms with Gasteiger partial charge in [-0.2, -0.15) is 0 Å². The zero-order chi connectivity index (χ0) is 15.4. The molecule has 0 aromatic heterocycles. The summed E-state index contributed by atoms with van der Waals surface area (Å²) in [6.07, 6.45) is 0. The third-order valence-electron chi connectivity index (χ3n) is 2.92. The van der Waals surface area contributed by atoms with Crippen LogP contribution in [0.5, 0.6) is 11.5 Å². The van der Waals surface area contributed by atoms with Crippen molar-refractivity contribution >= 4 is 28.9 Å². The van der Waals surface area contributed by atoms with E-state index in [0.29, 0.717) is 33.5 Å². The molecule has 0 unspecified atom stereocenters. The second-order valence-corrected chi connectivity index (χ2v) is 4.66. The van der Waals surface area contributed by atoms with E-state index >= 15 is 0 Å². The molecule has 0 heterocycles. The quantitative estimate of drug-likeness (QED) is 0.851. The molecule has 1 amide bonds. The Morgan fingerprint density at radius 3 is 2.52 bits per heavy atom. The molecular weight excluding hydrogens is 292 g/mol. The van der Waals surface area contributed by atoms with Crippen LogP contribution in [-0.2, 0) is 0 Å². The third kappa shape index (κ3) is 3.38. The lowest BCUT2D eigenvalue weighted by molar-refractivity contribution is 0.102. The molecular formula is C15H15ClN2O3. The SMILES string of the molecule is COc1ccc(NC(=O)c2ccc(Cl)c(N)c2)c(OC)c1. The van der Waals surface area contributed by atoms with E-state index in [2.05, 4.69) is 5.32 Å². The van der Waals surface area contributed by atoms with Gasteiger partial charge in [0.1, 0.15) is 11.5 Å². The average molecular weight is 307 g/mol. The molecule has 0 bridgehead atoms. The summed E-state index contributed by atoms with van der Waals surface area (Å²) in [5.41, 5.74) is 7.00. The molecule has 21 heavy (non-hydrogen) atoms. The molecule has 0 aliphatic heterocycles. The number of hydrogen-bond acceptors (Lipinski definition) is 4. The first-order valence-electron chi connectivity index (χ1n) is 6.13. The van der Waals surface area contributed by atoms with E-state index in [9.17, 15) is 4.79 Å². The predicted octanol–water partition coefficient (Wildman–Crippen LogP) is 3.19. The number of carbonyl (C=O) groups excluding carboxylic acids is 1. The molecule has 2 aromatic carbocycles. The van der Waals surface area contributed by atoms with Crippen LogP contribution < -0.4 is 20.5 Å². The van der Waals surface area contributed by atoms with Gasteiger partial charge in [0.2, 0.25) is 0 Å². The fourth-order valence-corrected chi connectivity index (χ4v) is 1.90. The number of halogens is 1. The number of hydrogen-bond donors (Lipinski definition) is 2. The van der Waals surface area contributed by atoms with Gasteiger partial charge in [-0.15, -0.1) is 0 Å². The van der Waals surface area contributed by atoms with Gasteiger partial charge in [-0.1, -0.05) is 11.6 Å². The van der Waals surface area contributed by atoms with Crippen molar-refractivity contribution in [2.45, 2.75) is 0 Å². The Kier molecular flexibility index (Phi) is 4.55. The van der Waals surface area contributed by atoms with Crippen molar-refractivity contribution in [2.75, 3.05) is 25.3 Å². The lowest BCUT2D eigenvalue weighted by atomic mass is 10.2. The highest BCUT2D eigenvalue weighted by Gasteiger charge is 2.11. The monoisotopic (exact) mass is 306 g/mol. The summed E-state index contributed by atoms with van der Waals surface area (Å²) < 4.78 is 10.3. The lowest BCUT2D eigenvalue weighted by Gasteiger charge is -2.12. The standard InChI is InChI=1S/C15H15ClN2O3/c1-20-10-4-6-13(14(8-10)21-2)18-15(19)9-3-5-11(16)12(17)7-9/h3-8H,17H2,1-2H3,(H,18,19). The predicted molar refractivity (Wildman–Crippen MR) is 83.4 cm³/mol. The van der Waals surface area contributed by atoms with Gasteiger partial charge in [0.25, 0.3) is 5.91 Å². The van der Waals surface area contributed by atoms with Crippen LogP contribution in [-0.4, -0.2) is 20.1 Å². The topological polar surface area (TPSA) is 73.6 Å². The van der Waals surface area contributed by atoms with Crippen molar-refractivity contribution in [2.24, 2.45) is 0 Å². The van der Waals surface area contributed by atoms with Crippen LogP contribution in [0.4, 0.5) is 11.4 Å². The first-order valence-corrected chi connectivity index (χ1v) is 6.51. The van der Waals surface area contributed by atoms with Crippen LogP contribution in [0.2, 0.25) is 5.02 Å². The second-order valence-electron chi connectivity index (χ2n) is 4.26. The van der Waals surface area contributed by atoms with Crippen LogP contribution >= 0.6 is 11.6 Å². The van der Waals surface area contributed by atoms with E-state index in [4.69, 9.17) is 26.8 Å². The van der Waals surface area contributed by atoms with Crippen molar-refractivity contribution in [1.29, 1.82) is 0 Å². The van der Waals surface area contributed by atoms with Crippen molar-refractivity contribution < 1.29 is 14.3 Å². The molecule has 3 N–H and O–H groups in total. The average Bonchev–Trinajstić information content (AvgIpc) is 2.50. The third-order valence-corrected chi connectivity index (χ3v) is 3.26. The van der Waals surface area contributed by atoms with Gasteiger partial charge >= 0.3 is 0 Å². The first-order chi connectivity index (χ1) is 10.0. The number of anilines is 2. The van der Waals surface area contributed by atoms with Gasteiger partial charge in [-0.3, -0.25) is 4.79 Å². The van der Waals surface area contributed by atoms with Crippen LogP contribution in [0.1, 0.15) is 10.4 Å². The number of ether oxygens (including phenoxy) is 2. The van der Waals surface area contributed by atoms with Gasteiger partial charge in [-0.25, -0.2) is 0 Å². The first kappa shape index (κ1) is 15.0. The van der Waals surface area contributed by atoms with Gasteiger partial charge < -0.3 is 20.5 Å². The summed E-state index contributed by atoms with van der Waals surface area (Å²) in [6.45, 7) is 0. The van der Waals surface area contributed by atoms with Crippen LogP contribution in [0, 0.1) is 0 Å². The number of benzene rings is 2. The van der Waals surface area contributed by atoms with Crippen LogP contribution in [0.3, 0.4) is 0 Å². The zero-order valence-electron chi connectivity index (χ0n) is 11.6. The second kappa shape index (κ2) is 6.37. The molecule has 0 aliphatic rings. The molecule has 2 aromatic rings. The van der Waals surface area contributed by atoms with E-state index in [1.54, 1.807) is 37.4 Å². The summed E-state index contributed by atoms with van der Waals surface area (Å²) in [6, 6.07) is 9.82. The molecule has 6 heteroatoms. The van der Waals surface area contributed by atoms with E-state index in [1.807, 2.05) is 0 Å². The smallest absolute Gasteiger partial charge is 0.255 e. The molecule has 110 valence electrons. The maximum absolute atomic E-state index is 12.2. The Morgan fingerprint density at radius 2 is 1.90 bits per heavy atom. The van der Waals surface area contributed by atoms with Gasteiger partial charge in [0.05, 0.1) is 30.6 Å². The number of nitrogens with one attached hydrogen (secondary N) is 1. The van der Waals surface area contributed by atoms with E-state index in [-0.39, 0.29) is 5.91 Å². The van der Waals surface area contributed by atoms with Gasteiger partial charge in [0, 0.05) is 11.6 Å². The lowest BCUT2D eigenvalue weighted by Crippen LogP contribution is -2.13. The van der Waals surface area contributed by atoms with E-state index in [0.717, 1.165) is 0 Å². The molecule has 0 radical (unpaired) electrons. The highest BCUT2D eigenvalue weighted by atomic mass is 35.5. The Labute approximate surface area is 127 Å². The summed E-state index contributed by atoms with van der Waals surface area (Å²) >= 11 is 5.84. The fourth-order valence-electron chi connectivity index (χ4n) is 1.78. The minimum Gasteiger partial charge on any atom is -0.497 e. The Hall–Kier alpha value is -2.40. The van der Waals surface area contributed by atoms with Gasteiger partial charge in [-0.05, 0) is 30.3 Å². The molecule has 0 spiro atoms. The van der Waals surface area contributed by atoms with E-state index in [1.165, 1.54) is 13.2 Å². The zero-order valence-corrected chi connectivity index (χ0v) is 12.4. The maximum Gasteiger partial charge on any atom is 0.255 e. The van der Waals surface area contributed by atoms with E-state index < -0.39 is 0 Å². The number of rotatable bonds is 4. The van der Waals surface area contributed by atoms with Crippen LogP contribution in [0.25, 0.3) is 0 Å². The fraction of sp³-hybridized carbons (Fsp3) is 0.133. The van der Waals surface area contributed by atoms with Crippen molar-refractivity contribution in [1.82, 2.24) is 0 Å². The van der Waals surface area contributed by atoms with Crippen molar-refractivity contribution in [3.8, 4) is 11.5 Å². The molecule has 2 rings (SSSR count). The highest BCUT2D eigenvalue weighted by molar-refractivity contribution is 6.33. The molecule has 0 aliphatic carbocycles. The molecule has 0 saturated carbocycles. The van der Waals surface area contributed by atoms with Crippen LogP contribution in [0.15, 0.2) is 36.4 Å². The Morgan fingerprint density at radius 1 is 1.14 bits per heavy atom. The highest BCUT2D eigenvalue weighted by Crippen LogP contribution is 2.29. The van der Waals surface area contributed by atoms with Gasteiger partial charge in [0.15, 0.2) is 0 Å². The number of carbonyl (C=O) groups is 1. The minimum atomic E-state index is -0.304. The van der Waals surface area contributed by atoms with Crippen molar-refractivity contribution in [3.63, 3.8) is 0 Å². The summed E-state index contributed by atoms with van der Waals surface area (Å²) in [4.78, 5) is 12.2. The summed E-state index contributed by atoms with van der Waals surface area (Å²) in [5, 5.41) is 3.17. The molecule has 0 saturated heterocycles. The largest absolute Gasteiger partial charge is 0.497 e. The summed E-state index contributed by atoms with van der Waals surface area (Å²) in [5.74, 6) is 0.840. The number of nitrogen functional groups attached to an aromatic ring is 1. The summed E-state index contributed by atoms with van der Waals surface area (Å²) in [7, 11) is 3.08. The normalized spacial score (nSPS) is 10.0. The Bertz CT molecular complexity index is 674. The number of methoxy groups -OCH3 is 2. The minimum absolute atomic E-state index is 0.304. The van der Waals surface area contributed by atoms with Crippen molar-refractivity contribution in [3.05, 3.63) is 47.0 Å². The number of nitrogens with two attached hydrogens (primary N) is 1. The maximum atomic E-state index is 12.2.